The van der Waals surface area contributed by atoms with E-state index in [9.17, 15) is 4.79 Å². The van der Waals surface area contributed by atoms with Gasteiger partial charge < -0.3 is 9.64 Å². The quantitative estimate of drug-likeness (QED) is 0.841. The lowest BCUT2D eigenvalue weighted by atomic mass is 9.85. The molecule has 2 atom stereocenters. The molecule has 116 valence electrons. The lowest BCUT2D eigenvalue weighted by Crippen LogP contribution is -3.10. The molecule has 3 nitrogen and oxygen atoms in total. The summed E-state index contributed by atoms with van der Waals surface area (Å²) >= 11 is 0. The molecule has 1 aromatic carbocycles. The number of piperidine rings is 1. The maximum atomic E-state index is 12.7. The standard InChI is InChI=1S/C18H27NO2/c1-4-14(2)17(15-8-6-5-7-9-15)18(20)21-16-10-12-19(3)13-11-16/h5-9,14,16-17H,4,10-13H2,1-3H3/p+1/t14-,17-/m1/s1. The molecule has 0 amide bonds. The van der Waals surface area contributed by atoms with Gasteiger partial charge in [-0.3, -0.25) is 4.79 Å². The second-order valence-electron chi connectivity index (χ2n) is 6.37. The minimum atomic E-state index is -0.136. The molecule has 2 rings (SSSR count). The van der Waals surface area contributed by atoms with E-state index in [1.807, 2.05) is 30.3 Å². The number of nitrogens with one attached hydrogen (secondary N) is 1. The lowest BCUT2D eigenvalue weighted by Gasteiger charge is -2.29. The molecule has 0 aliphatic carbocycles. The first-order valence-electron chi connectivity index (χ1n) is 8.18. The maximum absolute atomic E-state index is 12.7. The Morgan fingerprint density at radius 1 is 1.29 bits per heavy atom. The smallest absolute Gasteiger partial charge is 0.313 e. The number of ether oxygens (including phenoxy) is 1. The molecule has 3 heteroatoms. The number of carbonyl (C=O) groups excluding carboxylic acids is 1. The highest BCUT2D eigenvalue weighted by Gasteiger charge is 2.30. The van der Waals surface area contributed by atoms with Crippen LogP contribution in [0.3, 0.4) is 0 Å². The Morgan fingerprint density at radius 3 is 2.48 bits per heavy atom. The second-order valence-corrected chi connectivity index (χ2v) is 6.37. The molecule has 1 fully saturated rings. The number of esters is 1. The van der Waals surface area contributed by atoms with Crippen LogP contribution in [-0.4, -0.2) is 32.2 Å². The van der Waals surface area contributed by atoms with Gasteiger partial charge in [-0.1, -0.05) is 50.6 Å². The molecular formula is C18H28NO2+. The van der Waals surface area contributed by atoms with Crippen LogP contribution in [0.2, 0.25) is 0 Å². The summed E-state index contributed by atoms with van der Waals surface area (Å²) in [6.45, 7) is 6.46. The van der Waals surface area contributed by atoms with Gasteiger partial charge in [0, 0.05) is 12.8 Å². The average molecular weight is 290 g/mol. The predicted octanol–water partition coefficient (Wildman–Crippen LogP) is 2.04. The second kappa shape index (κ2) is 7.60. The fraction of sp³-hybridized carbons (Fsp3) is 0.611. The highest BCUT2D eigenvalue weighted by molar-refractivity contribution is 5.78. The van der Waals surface area contributed by atoms with Gasteiger partial charge in [-0.05, 0) is 11.5 Å². The third-order valence-corrected chi connectivity index (χ3v) is 4.69. The van der Waals surface area contributed by atoms with Crippen LogP contribution in [0.25, 0.3) is 0 Å². The van der Waals surface area contributed by atoms with Crippen molar-refractivity contribution in [2.24, 2.45) is 5.92 Å². The van der Waals surface area contributed by atoms with Crippen LogP contribution in [0.1, 0.15) is 44.6 Å². The van der Waals surface area contributed by atoms with E-state index in [-0.39, 0.29) is 18.0 Å². The van der Waals surface area contributed by atoms with Crippen molar-refractivity contribution in [3.63, 3.8) is 0 Å². The fourth-order valence-corrected chi connectivity index (χ4v) is 3.03. The first-order valence-corrected chi connectivity index (χ1v) is 8.18. The maximum Gasteiger partial charge on any atom is 0.313 e. The first-order chi connectivity index (χ1) is 10.1. The fourth-order valence-electron chi connectivity index (χ4n) is 3.03. The van der Waals surface area contributed by atoms with Gasteiger partial charge >= 0.3 is 5.97 Å². The van der Waals surface area contributed by atoms with Gasteiger partial charge in [-0.2, -0.15) is 0 Å². The molecule has 21 heavy (non-hydrogen) atoms. The number of benzene rings is 1. The van der Waals surface area contributed by atoms with Crippen molar-refractivity contribution >= 4 is 5.97 Å². The van der Waals surface area contributed by atoms with Crippen molar-refractivity contribution in [3.8, 4) is 0 Å². The summed E-state index contributed by atoms with van der Waals surface area (Å²) in [4.78, 5) is 14.2. The van der Waals surface area contributed by atoms with Gasteiger partial charge in [0.1, 0.15) is 6.10 Å². The third-order valence-electron chi connectivity index (χ3n) is 4.69. The van der Waals surface area contributed by atoms with E-state index in [0.29, 0.717) is 5.92 Å². The van der Waals surface area contributed by atoms with E-state index in [0.717, 1.165) is 37.9 Å². The zero-order valence-electron chi connectivity index (χ0n) is 13.5. The van der Waals surface area contributed by atoms with E-state index in [4.69, 9.17) is 4.74 Å². The Labute approximate surface area is 128 Å². The summed E-state index contributed by atoms with van der Waals surface area (Å²) in [6.07, 6.45) is 3.06. The average Bonchev–Trinajstić information content (AvgIpc) is 2.50. The van der Waals surface area contributed by atoms with Gasteiger partial charge in [0.05, 0.1) is 26.1 Å². The summed E-state index contributed by atoms with van der Waals surface area (Å²) in [5.41, 5.74) is 1.08. The van der Waals surface area contributed by atoms with Gasteiger partial charge in [0.15, 0.2) is 0 Å². The number of quaternary nitrogens is 1. The number of hydrogen-bond donors (Lipinski definition) is 1. The van der Waals surface area contributed by atoms with Crippen LogP contribution in [0.15, 0.2) is 30.3 Å². The summed E-state index contributed by atoms with van der Waals surface area (Å²) in [7, 11) is 2.20. The van der Waals surface area contributed by atoms with E-state index in [1.165, 1.54) is 4.90 Å². The van der Waals surface area contributed by atoms with Crippen LogP contribution in [0, 0.1) is 5.92 Å². The summed E-state index contributed by atoms with van der Waals surface area (Å²) < 4.78 is 5.83. The van der Waals surface area contributed by atoms with Gasteiger partial charge in [-0.15, -0.1) is 0 Å². The van der Waals surface area contributed by atoms with Gasteiger partial charge in [0.25, 0.3) is 0 Å². The Hall–Kier alpha value is -1.35. The minimum absolute atomic E-state index is 0.0416. The van der Waals surface area contributed by atoms with Gasteiger partial charge in [-0.25, -0.2) is 0 Å². The van der Waals surface area contributed by atoms with Crippen LogP contribution in [-0.2, 0) is 9.53 Å². The monoisotopic (exact) mass is 290 g/mol. The third kappa shape index (κ3) is 4.31. The Balaban J connectivity index is 2.05. The van der Waals surface area contributed by atoms with Crippen molar-refractivity contribution in [1.29, 1.82) is 0 Å². The molecule has 0 saturated carbocycles. The van der Waals surface area contributed by atoms with E-state index >= 15 is 0 Å². The lowest BCUT2D eigenvalue weighted by molar-refractivity contribution is -0.885. The number of hydrogen-bond acceptors (Lipinski definition) is 2. The molecule has 1 aliphatic heterocycles. The van der Waals surface area contributed by atoms with Crippen molar-refractivity contribution in [1.82, 2.24) is 0 Å². The highest BCUT2D eigenvalue weighted by Crippen LogP contribution is 2.29. The molecular weight excluding hydrogens is 262 g/mol. The summed E-state index contributed by atoms with van der Waals surface area (Å²) in [6, 6.07) is 10.1. The summed E-state index contributed by atoms with van der Waals surface area (Å²) in [5.74, 6) is 0.125. The number of likely N-dealkylation sites (tertiary alicyclic amines) is 1. The topological polar surface area (TPSA) is 30.7 Å². The molecule has 0 unspecified atom stereocenters. The van der Waals surface area contributed by atoms with Crippen molar-refractivity contribution in [2.75, 3.05) is 20.1 Å². The normalized spacial score (nSPS) is 25.1. The molecule has 1 heterocycles. The Morgan fingerprint density at radius 2 is 1.90 bits per heavy atom. The molecule has 1 aliphatic rings. The predicted molar refractivity (Wildman–Crippen MR) is 84.4 cm³/mol. The highest BCUT2D eigenvalue weighted by atomic mass is 16.5. The van der Waals surface area contributed by atoms with Crippen LogP contribution >= 0.6 is 0 Å². The van der Waals surface area contributed by atoms with Crippen molar-refractivity contribution in [2.45, 2.75) is 45.1 Å². The number of rotatable bonds is 5. The zero-order valence-corrected chi connectivity index (χ0v) is 13.5. The largest absolute Gasteiger partial charge is 0.461 e. The molecule has 0 spiro atoms. The van der Waals surface area contributed by atoms with E-state index < -0.39 is 0 Å². The minimum Gasteiger partial charge on any atom is -0.461 e. The first kappa shape index (κ1) is 16.0. The zero-order chi connectivity index (χ0) is 15.2. The SMILES string of the molecule is CC[C@@H](C)[C@@H](C(=O)OC1CC[NH+](C)CC1)c1ccccc1. The summed E-state index contributed by atoms with van der Waals surface area (Å²) in [5, 5.41) is 0. The van der Waals surface area contributed by atoms with Gasteiger partial charge in [0.2, 0.25) is 0 Å². The van der Waals surface area contributed by atoms with E-state index in [2.05, 4.69) is 20.9 Å². The number of carbonyl (C=O) groups is 1. The molecule has 1 aromatic rings. The van der Waals surface area contributed by atoms with Crippen LogP contribution in [0.5, 0.6) is 0 Å². The Bertz CT molecular complexity index is 438. The van der Waals surface area contributed by atoms with E-state index in [1.54, 1.807) is 0 Å². The van der Waals surface area contributed by atoms with Crippen molar-refractivity contribution < 1.29 is 14.4 Å². The van der Waals surface area contributed by atoms with Crippen LogP contribution in [0.4, 0.5) is 0 Å². The Kier molecular flexibility index (Phi) is 5.80. The van der Waals surface area contributed by atoms with Crippen molar-refractivity contribution in [3.05, 3.63) is 35.9 Å². The molecule has 0 aromatic heterocycles. The van der Waals surface area contributed by atoms with Crippen LogP contribution < -0.4 is 4.90 Å². The molecule has 1 N–H and O–H groups in total. The molecule has 0 radical (unpaired) electrons. The molecule has 0 bridgehead atoms. The molecule has 1 saturated heterocycles.